The third kappa shape index (κ3) is 5.01. The first-order valence-corrected chi connectivity index (χ1v) is 8.94. The number of anilines is 1. The molecule has 2 rings (SSSR count). The van der Waals surface area contributed by atoms with Gasteiger partial charge in [-0.1, -0.05) is 30.3 Å². The smallest absolute Gasteiger partial charge is 0.413 e. The van der Waals surface area contributed by atoms with Gasteiger partial charge < -0.3 is 14.8 Å². The molecule has 0 atom stereocenters. The first-order valence-electron chi connectivity index (χ1n) is 7.65. The standard InChI is InChI=1S/C17H18N2O4S2/c1-3-22-15(20)13-12(11-8-6-5-7-9-11)10-25-14(13)18-16(24)19-17(21)23-4-2/h5-10H,3-4H2,1-2H3,(H2,18,19,21,24). The molecule has 0 fully saturated rings. The molecule has 8 heteroatoms. The van der Waals surface area contributed by atoms with E-state index < -0.39 is 12.1 Å². The van der Waals surface area contributed by atoms with Gasteiger partial charge in [-0.3, -0.25) is 5.32 Å². The van der Waals surface area contributed by atoms with E-state index in [1.165, 1.54) is 11.3 Å². The van der Waals surface area contributed by atoms with Crippen LogP contribution in [-0.4, -0.2) is 30.4 Å². The Morgan fingerprint density at radius 3 is 2.44 bits per heavy atom. The molecule has 2 aromatic rings. The molecule has 2 N–H and O–H groups in total. The maximum Gasteiger partial charge on any atom is 0.413 e. The Labute approximate surface area is 155 Å². The number of hydrogen-bond acceptors (Lipinski definition) is 6. The minimum absolute atomic E-state index is 0.0467. The second-order valence-electron chi connectivity index (χ2n) is 4.74. The van der Waals surface area contributed by atoms with Crippen LogP contribution in [0.3, 0.4) is 0 Å². The molecule has 0 saturated heterocycles. The molecule has 132 valence electrons. The van der Waals surface area contributed by atoms with Gasteiger partial charge in [-0.15, -0.1) is 11.3 Å². The van der Waals surface area contributed by atoms with Crippen LogP contribution < -0.4 is 10.6 Å². The number of carbonyl (C=O) groups is 2. The summed E-state index contributed by atoms with van der Waals surface area (Å²) in [6.07, 6.45) is -0.655. The number of rotatable bonds is 5. The normalized spacial score (nSPS) is 10.0. The van der Waals surface area contributed by atoms with Gasteiger partial charge in [0.05, 0.1) is 13.2 Å². The Kier molecular flexibility index (Phi) is 6.91. The fourth-order valence-electron chi connectivity index (χ4n) is 2.08. The average Bonchev–Trinajstić information content (AvgIpc) is 2.99. The molecule has 1 heterocycles. The lowest BCUT2D eigenvalue weighted by molar-refractivity contribution is 0.0529. The fourth-order valence-corrected chi connectivity index (χ4v) is 3.29. The quantitative estimate of drug-likeness (QED) is 0.604. The molecule has 1 amide bonds. The highest BCUT2D eigenvalue weighted by molar-refractivity contribution is 7.80. The van der Waals surface area contributed by atoms with Crippen molar-refractivity contribution in [2.24, 2.45) is 0 Å². The summed E-state index contributed by atoms with van der Waals surface area (Å²) in [5.41, 5.74) is 2.01. The van der Waals surface area contributed by atoms with Crippen LogP contribution in [0.1, 0.15) is 24.2 Å². The first-order chi connectivity index (χ1) is 12.1. The molecule has 0 aliphatic heterocycles. The van der Waals surface area contributed by atoms with Crippen LogP contribution in [0, 0.1) is 0 Å². The molecule has 0 aliphatic rings. The van der Waals surface area contributed by atoms with E-state index in [-0.39, 0.29) is 18.3 Å². The Bertz CT molecular complexity index is 759. The zero-order valence-corrected chi connectivity index (χ0v) is 15.5. The summed E-state index contributed by atoms with van der Waals surface area (Å²) in [6.45, 7) is 3.93. The summed E-state index contributed by atoms with van der Waals surface area (Å²) in [6, 6.07) is 9.49. The molecule has 0 bridgehead atoms. The van der Waals surface area contributed by atoms with Gasteiger partial charge in [0.25, 0.3) is 0 Å². The number of thiocarbonyl (C=S) groups is 1. The number of thiophene rings is 1. The van der Waals surface area contributed by atoms with Crippen LogP contribution in [0.25, 0.3) is 11.1 Å². The van der Waals surface area contributed by atoms with Crippen molar-refractivity contribution in [2.75, 3.05) is 18.5 Å². The predicted molar refractivity (Wildman–Crippen MR) is 102 cm³/mol. The van der Waals surface area contributed by atoms with Crippen molar-refractivity contribution in [3.05, 3.63) is 41.3 Å². The lowest BCUT2D eigenvalue weighted by atomic mass is 10.0. The second kappa shape index (κ2) is 9.14. The number of nitrogens with one attached hydrogen (secondary N) is 2. The second-order valence-corrected chi connectivity index (χ2v) is 6.03. The summed E-state index contributed by atoms with van der Waals surface area (Å²) < 4.78 is 9.94. The average molecular weight is 378 g/mol. The third-order valence-corrected chi connectivity index (χ3v) is 4.17. The van der Waals surface area contributed by atoms with Gasteiger partial charge in [-0.25, -0.2) is 9.59 Å². The molecule has 1 aromatic carbocycles. The van der Waals surface area contributed by atoms with Crippen LogP contribution in [-0.2, 0) is 9.47 Å². The summed E-state index contributed by atoms with van der Waals surface area (Å²) in [5, 5.41) is 7.65. The Hall–Kier alpha value is -2.45. The minimum Gasteiger partial charge on any atom is -0.462 e. The molecule has 25 heavy (non-hydrogen) atoms. The number of amides is 1. The van der Waals surface area contributed by atoms with Crippen LogP contribution in [0.2, 0.25) is 0 Å². The lowest BCUT2D eigenvalue weighted by Gasteiger charge is -2.11. The van der Waals surface area contributed by atoms with Gasteiger partial charge in [0.2, 0.25) is 0 Å². The van der Waals surface area contributed by atoms with E-state index in [4.69, 9.17) is 21.7 Å². The minimum atomic E-state index is -0.655. The molecule has 0 radical (unpaired) electrons. The first kappa shape index (κ1) is 18.9. The monoisotopic (exact) mass is 378 g/mol. The topological polar surface area (TPSA) is 76.7 Å². The molecule has 6 nitrogen and oxygen atoms in total. The van der Waals surface area contributed by atoms with E-state index >= 15 is 0 Å². The van der Waals surface area contributed by atoms with Crippen LogP contribution >= 0.6 is 23.6 Å². The molecule has 1 aromatic heterocycles. The number of benzene rings is 1. The molecular formula is C17H18N2O4S2. The van der Waals surface area contributed by atoms with E-state index in [9.17, 15) is 9.59 Å². The number of ether oxygens (including phenoxy) is 2. The summed E-state index contributed by atoms with van der Waals surface area (Å²) in [7, 11) is 0. The van der Waals surface area contributed by atoms with Gasteiger partial charge in [0.1, 0.15) is 10.6 Å². The Balaban J connectivity index is 2.29. The molecular weight excluding hydrogens is 360 g/mol. The van der Waals surface area contributed by atoms with Crippen LogP contribution in [0.4, 0.5) is 9.80 Å². The number of hydrogen-bond donors (Lipinski definition) is 2. The predicted octanol–water partition coefficient (Wildman–Crippen LogP) is 4.03. The van der Waals surface area contributed by atoms with E-state index in [0.717, 1.165) is 11.1 Å². The van der Waals surface area contributed by atoms with Crippen molar-refractivity contribution in [2.45, 2.75) is 13.8 Å². The third-order valence-electron chi connectivity index (χ3n) is 3.07. The molecule has 0 spiro atoms. The van der Waals surface area contributed by atoms with Gasteiger partial charge in [-0.05, 0) is 31.6 Å². The number of carbonyl (C=O) groups excluding carboxylic acids is 2. The summed E-state index contributed by atoms with van der Waals surface area (Å²) >= 11 is 6.40. The maximum absolute atomic E-state index is 12.4. The van der Waals surface area contributed by atoms with Crippen LogP contribution in [0.15, 0.2) is 35.7 Å². The molecule has 0 aliphatic carbocycles. The number of alkyl carbamates (subject to hydrolysis) is 1. The van der Waals surface area contributed by atoms with Crippen LogP contribution in [0.5, 0.6) is 0 Å². The Morgan fingerprint density at radius 1 is 1.12 bits per heavy atom. The summed E-state index contributed by atoms with van der Waals surface area (Å²) in [5.74, 6) is -0.455. The van der Waals surface area contributed by atoms with Crippen molar-refractivity contribution in [3.8, 4) is 11.1 Å². The highest BCUT2D eigenvalue weighted by Crippen LogP contribution is 2.36. The summed E-state index contributed by atoms with van der Waals surface area (Å²) in [4.78, 5) is 23.9. The van der Waals surface area contributed by atoms with E-state index in [2.05, 4.69) is 10.6 Å². The highest BCUT2D eigenvalue weighted by Gasteiger charge is 2.22. The van der Waals surface area contributed by atoms with Crippen molar-refractivity contribution in [1.82, 2.24) is 5.32 Å². The zero-order chi connectivity index (χ0) is 18.2. The van der Waals surface area contributed by atoms with Gasteiger partial charge in [0, 0.05) is 10.9 Å². The lowest BCUT2D eigenvalue weighted by Crippen LogP contribution is -2.34. The Morgan fingerprint density at radius 2 is 1.80 bits per heavy atom. The highest BCUT2D eigenvalue weighted by atomic mass is 32.1. The molecule has 0 saturated carbocycles. The largest absolute Gasteiger partial charge is 0.462 e. The van der Waals surface area contributed by atoms with Crippen molar-refractivity contribution in [3.63, 3.8) is 0 Å². The molecule has 0 unspecified atom stereocenters. The van der Waals surface area contributed by atoms with Crippen molar-refractivity contribution in [1.29, 1.82) is 0 Å². The maximum atomic E-state index is 12.4. The van der Waals surface area contributed by atoms with Crippen molar-refractivity contribution < 1.29 is 19.1 Å². The SMILES string of the molecule is CCOC(=O)NC(=S)Nc1scc(-c2ccccc2)c1C(=O)OCC. The van der Waals surface area contributed by atoms with E-state index in [1.807, 2.05) is 35.7 Å². The van der Waals surface area contributed by atoms with E-state index in [1.54, 1.807) is 13.8 Å². The van der Waals surface area contributed by atoms with E-state index in [0.29, 0.717) is 10.6 Å². The van der Waals surface area contributed by atoms with Gasteiger partial charge >= 0.3 is 12.1 Å². The number of esters is 1. The van der Waals surface area contributed by atoms with Crippen molar-refractivity contribution >= 4 is 45.7 Å². The zero-order valence-electron chi connectivity index (χ0n) is 13.8. The van der Waals surface area contributed by atoms with Gasteiger partial charge in [0.15, 0.2) is 5.11 Å². The van der Waals surface area contributed by atoms with Gasteiger partial charge in [-0.2, -0.15) is 0 Å². The fraction of sp³-hybridized carbons (Fsp3) is 0.235.